The Morgan fingerprint density at radius 2 is 2.33 bits per heavy atom. The van der Waals surface area contributed by atoms with Crippen LogP contribution < -0.4 is 0 Å². The minimum atomic E-state index is 0.454. The van der Waals surface area contributed by atoms with E-state index >= 15 is 0 Å². The number of hydrogen-bond acceptors (Lipinski definition) is 1. The third kappa shape index (κ3) is 0.774. The summed E-state index contributed by atoms with van der Waals surface area (Å²) in [4.78, 5) is 0. The fraction of sp³-hybridized carbons (Fsp3) is 0.455. The lowest BCUT2D eigenvalue weighted by Gasteiger charge is -2.13. The molecule has 0 radical (unpaired) electrons. The molecule has 0 N–H and O–H groups in total. The second-order valence-corrected chi connectivity index (χ2v) is 3.78. The van der Waals surface area contributed by atoms with E-state index in [9.17, 15) is 0 Å². The first-order valence-electron chi connectivity index (χ1n) is 4.60. The Morgan fingerprint density at radius 3 is 3.25 bits per heavy atom. The molecular formula is C11H12O. The molecule has 1 aromatic carbocycles. The molecule has 12 heavy (non-hydrogen) atoms. The summed E-state index contributed by atoms with van der Waals surface area (Å²) >= 11 is 0. The molecule has 0 bridgehead atoms. The van der Waals surface area contributed by atoms with Crippen molar-refractivity contribution in [2.24, 2.45) is 0 Å². The second-order valence-electron chi connectivity index (χ2n) is 3.78. The third-order valence-electron chi connectivity index (χ3n) is 2.98. The van der Waals surface area contributed by atoms with Crippen LogP contribution in [0.15, 0.2) is 18.2 Å². The van der Waals surface area contributed by atoms with Gasteiger partial charge in [-0.05, 0) is 36.5 Å². The molecule has 0 aromatic heterocycles. The van der Waals surface area contributed by atoms with Crippen LogP contribution in [0.4, 0.5) is 0 Å². The highest BCUT2D eigenvalue weighted by Gasteiger charge is 2.44. The summed E-state index contributed by atoms with van der Waals surface area (Å²) in [7, 11) is 0. The van der Waals surface area contributed by atoms with Crippen molar-refractivity contribution >= 4 is 0 Å². The lowest BCUT2D eigenvalue weighted by Crippen LogP contribution is -2.05. The van der Waals surface area contributed by atoms with E-state index in [0.717, 1.165) is 0 Å². The molecular weight excluding hydrogens is 148 g/mol. The average molecular weight is 160 g/mol. The lowest BCUT2D eigenvalue weighted by atomic mass is 9.89. The van der Waals surface area contributed by atoms with Gasteiger partial charge in [-0.15, -0.1) is 0 Å². The van der Waals surface area contributed by atoms with Gasteiger partial charge in [0, 0.05) is 0 Å². The van der Waals surface area contributed by atoms with Crippen molar-refractivity contribution in [3.8, 4) is 0 Å². The molecule has 0 spiro atoms. The first kappa shape index (κ1) is 6.67. The van der Waals surface area contributed by atoms with Gasteiger partial charge >= 0.3 is 0 Å². The van der Waals surface area contributed by atoms with Gasteiger partial charge in [0.15, 0.2) is 0 Å². The summed E-state index contributed by atoms with van der Waals surface area (Å²) in [5.74, 6) is 0. The van der Waals surface area contributed by atoms with Gasteiger partial charge in [0.2, 0.25) is 0 Å². The number of epoxide rings is 1. The van der Waals surface area contributed by atoms with Crippen LogP contribution in [0.5, 0.6) is 0 Å². The fourth-order valence-electron chi connectivity index (χ4n) is 2.28. The minimum absolute atomic E-state index is 0.454. The van der Waals surface area contributed by atoms with E-state index in [1.807, 2.05) is 0 Å². The second kappa shape index (κ2) is 2.11. The molecule has 0 amide bonds. The summed E-state index contributed by atoms with van der Waals surface area (Å²) < 4.78 is 5.59. The van der Waals surface area contributed by atoms with Crippen molar-refractivity contribution < 1.29 is 4.74 Å². The standard InChI is InChI=1S/C11H12O/c1-7-3-2-4-8-5-6-9-11(12-9)10(7)8/h2-4,9,11H,5-6H2,1H3/t9?,11-/m1/s1. The highest BCUT2D eigenvalue weighted by Crippen LogP contribution is 2.47. The van der Waals surface area contributed by atoms with Crippen LogP contribution >= 0.6 is 0 Å². The monoisotopic (exact) mass is 160 g/mol. The molecule has 62 valence electrons. The Bertz CT molecular complexity index is 330. The first-order valence-corrected chi connectivity index (χ1v) is 4.60. The van der Waals surface area contributed by atoms with E-state index in [1.54, 1.807) is 0 Å². The van der Waals surface area contributed by atoms with Gasteiger partial charge < -0.3 is 4.74 Å². The molecule has 3 rings (SSSR count). The predicted molar refractivity (Wildman–Crippen MR) is 47.1 cm³/mol. The molecule has 1 unspecified atom stereocenters. The van der Waals surface area contributed by atoms with Crippen molar-refractivity contribution in [1.82, 2.24) is 0 Å². The number of hydrogen-bond donors (Lipinski definition) is 0. The van der Waals surface area contributed by atoms with Crippen molar-refractivity contribution in [3.05, 3.63) is 34.9 Å². The SMILES string of the molecule is Cc1cccc2c1[C@@H]1OC1CC2. The highest BCUT2D eigenvalue weighted by atomic mass is 16.6. The van der Waals surface area contributed by atoms with Crippen LogP contribution in [0.3, 0.4) is 0 Å². The zero-order valence-electron chi connectivity index (χ0n) is 7.21. The summed E-state index contributed by atoms with van der Waals surface area (Å²) in [5.41, 5.74) is 4.39. The van der Waals surface area contributed by atoms with Crippen LogP contribution in [-0.4, -0.2) is 6.10 Å². The Labute approximate surface area is 72.4 Å². The molecule has 1 aliphatic heterocycles. The van der Waals surface area contributed by atoms with Crippen molar-refractivity contribution in [2.75, 3.05) is 0 Å². The minimum Gasteiger partial charge on any atom is -0.364 e. The molecule has 2 aliphatic rings. The molecule has 1 nitrogen and oxygen atoms in total. The van der Waals surface area contributed by atoms with Gasteiger partial charge in [-0.2, -0.15) is 0 Å². The maximum atomic E-state index is 5.59. The van der Waals surface area contributed by atoms with Gasteiger partial charge in [0.05, 0.1) is 6.10 Å². The van der Waals surface area contributed by atoms with Gasteiger partial charge in [-0.25, -0.2) is 0 Å². The zero-order valence-corrected chi connectivity index (χ0v) is 7.21. The number of rotatable bonds is 0. The van der Waals surface area contributed by atoms with Gasteiger partial charge in [-0.1, -0.05) is 18.2 Å². The van der Waals surface area contributed by atoms with Crippen molar-refractivity contribution in [1.29, 1.82) is 0 Å². The Hall–Kier alpha value is -0.820. The summed E-state index contributed by atoms with van der Waals surface area (Å²) in [6.45, 7) is 2.18. The zero-order chi connectivity index (χ0) is 8.13. The van der Waals surface area contributed by atoms with Crippen LogP contribution in [0, 0.1) is 6.92 Å². The lowest BCUT2D eigenvalue weighted by molar-refractivity contribution is 0.372. The molecule has 1 aromatic rings. The van der Waals surface area contributed by atoms with Gasteiger partial charge in [0.25, 0.3) is 0 Å². The van der Waals surface area contributed by atoms with E-state index in [4.69, 9.17) is 4.74 Å². The van der Waals surface area contributed by atoms with E-state index in [-0.39, 0.29) is 0 Å². The summed E-state index contributed by atoms with van der Waals surface area (Å²) in [6, 6.07) is 6.57. The topological polar surface area (TPSA) is 12.5 Å². The van der Waals surface area contributed by atoms with Crippen molar-refractivity contribution in [3.63, 3.8) is 0 Å². The van der Waals surface area contributed by atoms with Crippen LogP contribution in [0.25, 0.3) is 0 Å². The maximum absolute atomic E-state index is 5.59. The Balaban J connectivity index is 2.19. The number of fused-ring (bicyclic) bond motifs is 3. The molecule has 0 saturated carbocycles. The highest BCUT2D eigenvalue weighted by molar-refractivity contribution is 5.41. The normalized spacial score (nSPS) is 30.8. The predicted octanol–water partition coefficient (Wildman–Crippen LogP) is 2.38. The fourth-order valence-corrected chi connectivity index (χ4v) is 2.28. The maximum Gasteiger partial charge on any atom is 0.110 e. The van der Waals surface area contributed by atoms with E-state index in [1.165, 1.54) is 29.5 Å². The van der Waals surface area contributed by atoms with Crippen LogP contribution in [0.1, 0.15) is 29.2 Å². The van der Waals surface area contributed by atoms with E-state index < -0.39 is 0 Å². The molecule has 1 heterocycles. The van der Waals surface area contributed by atoms with E-state index in [2.05, 4.69) is 25.1 Å². The molecule has 1 fully saturated rings. The number of aryl methyl sites for hydroxylation is 2. The first-order chi connectivity index (χ1) is 5.86. The summed E-state index contributed by atoms with van der Waals surface area (Å²) in [5, 5.41) is 0. The molecule has 1 aliphatic carbocycles. The van der Waals surface area contributed by atoms with Crippen LogP contribution in [0.2, 0.25) is 0 Å². The largest absolute Gasteiger partial charge is 0.364 e. The quantitative estimate of drug-likeness (QED) is 0.531. The summed E-state index contributed by atoms with van der Waals surface area (Å²) in [6.07, 6.45) is 3.44. The van der Waals surface area contributed by atoms with Crippen molar-refractivity contribution in [2.45, 2.75) is 32.0 Å². The number of ether oxygens (including phenoxy) is 1. The Kier molecular flexibility index (Phi) is 1.17. The average Bonchev–Trinajstić information content (AvgIpc) is 2.82. The van der Waals surface area contributed by atoms with E-state index in [0.29, 0.717) is 12.2 Å². The molecule has 1 heteroatoms. The third-order valence-corrected chi connectivity index (χ3v) is 2.98. The van der Waals surface area contributed by atoms with Gasteiger partial charge in [0.1, 0.15) is 6.10 Å². The Morgan fingerprint density at radius 1 is 1.42 bits per heavy atom. The molecule has 1 saturated heterocycles. The smallest absolute Gasteiger partial charge is 0.110 e. The van der Waals surface area contributed by atoms with Crippen LogP contribution in [-0.2, 0) is 11.2 Å². The molecule has 2 atom stereocenters. The van der Waals surface area contributed by atoms with Gasteiger partial charge in [-0.3, -0.25) is 0 Å². The number of benzene rings is 1.